The highest BCUT2D eigenvalue weighted by Crippen LogP contribution is 2.26. The van der Waals surface area contributed by atoms with Crippen molar-refractivity contribution < 1.29 is 26.7 Å². The third-order valence-corrected chi connectivity index (χ3v) is 5.41. The lowest BCUT2D eigenvalue weighted by Gasteiger charge is -2.35. The molecular formula is C12H22F3NO3S. The highest BCUT2D eigenvalue weighted by atomic mass is 32.2. The smallest absolute Gasteiger partial charge is 0.389 e. The summed E-state index contributed by atoms with van der Waals surface area (Å²) in [4.78, 5) is 0. The van der Waals surface area contributed by atoms with Crippen LogP contribution in [0, 0.1) is 0 Å². The van der Waals surface area contributed by atoms with Crippen molar-refractivity contribution in [2.24, 2.45) is 0 Å². The van der Waals surface area contributed by atoms with E-state index >= 15 is 0 Å². The van der Waals surface area contributed by atoms with Crippen LogP contribution >= 0.6 is 0 Å². The summed E-state index contributed by atoms with van der Waals surface area (Å²) in [7, 11) is -3.68. The van der Waals surface area contributed by atoms with Crippen molar-refractivity contribution in [2.75, 3.05) is 12.3 Å². The van der Waals surface area contributed by atoms with Gasteiger partial charge in [-0.15, -0.1) is 0 Å². The zero-order chi connectivity index (χ0) is 15.4. The molecule has 1 rings (SSSR count). The molecule has 4 nitrogen and oxygen atoms in total. The van der Waals surface area contributed by atoms with Crippen LogP contribution in [0.1, 0.15) is 45.4 Å². The number of nitrogens with zero attached hydrogens (tertiary/aromatic N) is 1. The maximum absolute atomic E-state index is 12.1. The van der Waals surface area contributed by atoms with Crippen molar-refractivity contribution in [3.05, 3.63) is 0 Å². The highest BCUT2D eigenvalue weighted by Gasteiger charge is 2.34. The topological polar surface area (TPSA) is 57.6 Å². The summed E-state index contributed by atoms with van der Waals surface area (Å²) >= 11 is 0. The highest BCUT2D eigenvalue weighted by molar-refractivity contribution is 7.89. The van der Waals surface area contributed by atoms with E-state index in [9.17, 15) is 26.7 Å². The van der Waals surface area contributed by atoms with Gasteiger partial charge in [-0.1, -0.05) is 6.42 Å². The molecule has 1 fully saturated rings. The third kappa shape index (κ3) is 5.97. The van der Waals surface area contributed by atoms with Crippen LogP contribution < -0.4 is 0 Å². The van der Waals surface area contributed by atoms with E-state index in [0.717, 1.165) is 12.8 Å². The molecule has 20 heavy (non-hydrogen) atoms. The van der Waals surface area contributed by atoms with Gasteiger partial charge < -0.3 is 5.11 Å². The summed E-state index contributed by atoms with van der Waals surface area (Å²) in [5.41, 5.74) is 0. The number of halogens is 3. The monoisotopic (exact) mass is 317 g/mol. The van der Waals surface area contributed by atoms with E-state index in [-0.39, 0.29) is 6.04 Å². The Morgan fingerprint density at radius 3 is 2.55 bits per heavy atom. The van der Waals surface area contributed by atoms with Crippen molar-refractivity contribution in [1.82, 2.24) is 4.31 Å². The van der Waals surface area contributed by atoms with Gasteiger partial charge in [0.15, 0.2) is 0 Å². The van der Waals surface area contributed by atoms with E-state index in [0.29, 0.717) is 19.4 Å². The zero-order valence-corrected chi connectivity index (χ0v) is 12.4. The number of hydrogen-bond donors (Lipinski definition) is 1. The Bertz CT molecular complexity index is 395. The molecule has 8 heteroatoms. The Morgan fingerprint density at radius 1 is 1.35 bits per heavy atom. The molecule has 1 N–H and O–H groups in total. The molecule has 0 amide bonds. The van der Waals surface area contributed by atoms with Gasteiger partial charge in [0.1, 0.15) is 0 Å². The predicted octanol–water partition coefficient (Wildman–Crippen LogP) is 2.28. The molecule has 0 spiro atoms. The molecule has 0 aliphatic carbocycles. The van der Waals surface area contributed by atoms with Gasteiger partial charge in [-0.25, -0.2) is 8.42 Å². The number of piperidine rings is 1. The van der Waals surface area contributed by atoms with Gasteiger partial charge in [-0.05, 0) is 32.6 Å². The molecule has 0 bridgehead atoms. The van der Waals surface area contributed by atoms with Crippen LogP contribution in [-0.2, 0) is 10.0 Å². The summed E-state index contributed by atoms with van der Waals surface area (Å²) in [6.45, 7) is 1.93. The lowest BCUT2D eigenvalue weighted by atomic mass is 10.00. The average molecular weight is 317 g/mol. The summed E-state index contributed by atoms with van der Waals surface area (Å²) in [5, 5.41) is 9.40. The minimum atomic E-state index is -4.32. The molecule has 0 radical (unpaired) electrons. The fourth-order valence-electron chi connectivity index (χ4n) is 2.54. The molecule has 1 aliphatic rings. The summed E-state index contributed by atoms with van der Waals surface area (Å²) in [6.07, 6.45) is -3.85. The molecule has 120 valence electrons. The second kappa shape index (κ2) is 7.09. The fourth-order valence-corrected chi connectivity index (χ4v) is 4.34. The fraction of sp³-hybridized carbons (Fsp3) is 1.00. The molecule has 0 aromatic heterocycles. The first-order valence-corrected chi connectivity index (χ1v) is 8.47. The van der Waals surface area contributed by atoms with E-state index in [4.69, 9.17) is 0 Å². The first kappa shape index (κ1) is 17.7. The lowest BCUT2D eigenvalue weighted by molar-refractivity contribution is -0.134. The van der Waals surface area contributed by atoms with Gasteiger partial charge in [-0.3, -0.25) is 0 Å². The largest absolute Gasteiger partial charge is 0.393 e. The van der Waals surface area contributed by atoms with E-state index in [1.807, 2.05) is 0 Å². The van der Waals surface area contributed by atoms with Gasteiger partial charge in [0.05, 0.1) is 11.9 Å². The first-order valence-electron chi connectivity index (χ1n) is 6.86. The van der Waals surface area contributed by atoms with Crippen molar-refractivity contribution in [1.29, 1.82) is 0 Å². The molecule has 1 aliphatic heterocycles. The minimum absolute atomic E-state index is 0.292. The Hall–Kier alpha value is -0.340. The number of alkyl halides is 3. The Labute approximate surface area is 118 Å². The van der Waals surface area contributed by atoms with Crippen molar-refractivity contribution in [2.45, 2.75) is 63.8 Å². The summed E-state index contributed by atoms with van der Waals surface area (Å²) in [5.74, 6) is -0.483. The van der Waals surface area contributed by atoms with Crippen molar-refractivity contribution in [3.63, 3.8) is 0 Å². The van der Waals surface area contributed by atoms with Gasteiger partial charge in [0.25, 0.3) is 0 Å². The second-order valence-electron chi connectivity index (χ2n) is 5.38. The summed E-state index contributed by atoms with van der Waals surface area (Å²) < 4.78 is 61.8. The van der Waals surface area contributed by atoms with E-state index < -0.39 is 40.9 Å². The van der Waals surface area contributed by atoms with Gasteiger partial charge >= 0.3 is 6.18 Å². The SMILES string of the molecule is CC(O)CC1CCCCN1S(=O)(=O)CCCC(F)(F)F. The quantitative estimate of drug-likeness (QED) is 0.818. The van der Waals surface area contributed by atoms with Gasteiger partial charge in [0.2, 0.25) is 10.0 Å². The predicted molar refractivity (Wildman–Crippen MR) is 69.7 cm³/mol. The normalized spacial score (nSPS) is 23.8. The van der Waals surface area contributed by atoms with Crippen LogP contribution in [0.2, 0.25) is 0 Å². The average Bonchev–Trinajstić information content (AvgIpc) is 2.26. The molecule has 1 heterocycles. The number of aliphatic hydroxyl groups is 1. The van der Waals surface area contributed by atoms with Gasteiger partial charge in [-0.2, -0.15) is 17.5 Å². The Kier molecular flexibility index (Phi) is 6.27. The van der Waals surface area contributed by atoms with Crippen molar-refractivity contribution in [3.8, 4) is 0 Å². The molecule has 2 unspecified atom stereocenters. The van der Waals surface area contributed by atoms with Crippen LogP contribution in [0.5, 0.6) is 0 Å². The second-order valence-corrected chi connectivity index (χ2v) is 7.42. The zero-order valence-electron chi connectivity index (χ0n) is 11.6. The summed E-state index contributed by atoms with van der Waals surface area (Å²) in [6, 6.07) is -0.292. The van der Waals surface area contributed by atoms with E-state index in [1.165, 1.54) is 4.31 Å². The molecule has 2 atom stereocenters. The molecule has 0 saturated carbocycles. The number of aliphatic hydroxyl groups excluding tert-OH is 1. The van der Waals surface area contributed by atoms with Crippen LogP contribution in [0.3, 0.4) is 0 Å². The lowest BCUT2D eigenvalue weighted by Crippen LogP contribution is -2.45. The maximum atomic E-state index is 12.1. The molecular weight excluding hydrogens is 295 g/mol. The number of rotatable bonds is 6. The van der Waals surface area contributed by atoms with Gasteiger partial charge in [0, 0.05) is 19.0 Å². The Morgan fingerprint density at radius 2 is 2.00 bits per heavy atom. The van der Waals surface area contributed by atoms with E-state index in [1.54, 1.807) is 6.92 Å². The Balaban J connectivity index is 2.63. The molecule has 0 aromatic rings. The molecule has 0 aromatic carbocycles. The molecule has 1 saturated heterocycles. The third-order valence-electron chi connectivity index (χ3n) is 3.41. The first-order chi connectivity index (χ1) is 9.12. The number of sulfonamides is 1. The standard InChI is InChI=1S/C12H22F3NO3S/c1-10(17)9-11-5-2-3-7-16(11)20(18,19)8-4-6-12(13,14)15/h10-11,17H,2-9H2,1H3. The van der Waals surface area contributed by atoms with Crippen LogP contribution in [0.15, 0.2) is 0 Å². The van der Waals surface area contributed by atoms with E-state index in [2.05, 4.69) is 0 Å². The maximum Gasteiger partial charge on any atom is 0.389 e. The van der Waals surface area contributed by atoms with Crippen LogP contribution in [-0.4, -0.2) is 48.4 Å². The van der Waals surface area contributed by atoms with Crippen molar-refractivity contribution >= 4 is 10.0 Å². The minimum Gasteiger partial charge on any atom is -0.393 e. The van der Waals surface area contributed by atoms with Crippen LogP contribution in [0.25, 0.3) is 0 Å². The number of hydrogen-bond acceptors (Lipinski definition) is 3. The van der Waals surface area contributed by atoms with Crippen LogP contribution in [0.4, 0.5) is 13.2 Å².